The number of ether oxygens (including phenoxy) is 1. The second kappa shape index (κ2) is 7.59. The summed E-state index contributed by atoms with van der Waals surface area (Å²) in [6, 6.07) is 6.73. The summed E-state index contributed by atoms with van der Waals surface area (Å²) in [5.74, 6) is -1.07. The van der Waals surface area contributed by atoms with Crippen molar-refractivity contribution in [2.75, 3.05) is 19.7 Å². The number of imide groups is 1. The number of aryl methyl sites for hydroxylation is 1. The molecular formula is C16H20N2O4. The number of hydrogen-bond acceptors (Lipinski definition) is 4. The van der Waals surface area contributed by atoms with Crippen molar-refractivity contribution in [2.45, 2.75) is 26.2 Å². The summed E-state index contributed by atoms with van der Waals surface area (Å²) >= 11 is 0. The van der Waals surface area contributed by atoms with Gasteiger partial charge in [-0.25, -0.2) is 9.59 Å². The zero-order valence-corrected chi connectivity index (χ0v) is 12.6. The van der Waals surface area contributed by atoms with Gasteiger partial charge >= 0.3 is 12.0 Å². The van der Waals surface area contributed by atoms with Crippen molar-refractivity contribution in [3.05, 3.63) is 35.4 Å². The van der Waals surface area contributed by atoms with E-state index in [0.29, 0.717) is 18.7 Å². The number of rotatable bonds is 6. The van der Waals surface area contributed by atoms with E-state index >= 15 is 0 Å². The first-order chi connectivity index (χ1) is 10.6. The Balaban J connectivity index is 1.84. The maximum Gasteiger partial charge on any atom is 0.338 e. The van der Waals surface area contributed by atoms with Crippen LogP contribution in [0.4, 0.5) is 4.79 Å². The molecule has 6 nitrogen and oxygen atoms in total. The molecule has 1 saturated heterocycles. The Morgan fingerprint density at radius 1 is 1.27 bits per heavy atom. The third-order valence-corrected chi connectivity index (χ3v) is 3.49. The lowest BCUT2D eigenvalue weighted by Crippen LogP contribution is -2.37. The van der Waals surface area contributed by atoms with Gasteiger partial charge in [0, 0.05) is 13.1 Å². The molecule has 1 fully saturated rings. The van der Waals surface area contributed by atoms with E-state index in [1.54, 1.807) is 12.1 Å². The van der Waals surface area contributed by atoms with Crippen LogP contribution in [0.15, 0.2) is 24.3 Å². The van der Waals surface area contributed by atoms with Crippen LogP contribution in [0.5, 0.6) is 0 Å². The number of carbonyl (C=O) groups is 3. The quantitative estimate of drug-likeness (QED) is 0.812. The monoisotopic (exact) mass is 304 g/mol. The minimum Gasteiger partial charge on any atom is -0.452 e. The number of unbranched alkanes of at least 4 members (excludes halogenated alkanes) is 1. The van der Waals surface area contributed by atoms with E-state index in [4.69, 9.17) is 4.74 Å². The molecule has 1 aromatic rings. The number of nitrogens with one attached hydrogen (secondary N) is 1. The van der Waals surface area contributed by atoms with Gasteiger partial charge in [0.25, 0.3) is 5.91 Å². The normalized spacial score (nSPS) is 13.9. The van der Waals surface area contributed by atoms with E-state index in [1.807, 2.05) is 12.1 Å². The molecule has 0 saturated carbocycles. The average Bonchev–Trinajstić information content (AvgIpc) is 2.97. The van der Waals surface area contributed by atoms with Crippen molar-refractivity contribution in [3.63, 3.8) is 0 Å². The van der Waals surface area contributed by atoms with Crippen LogP contribution in [0.25, 0.3) is 0 Å². The predicted molar refractivity (Wildman–Crippen MR) is 80.4 cm³/mol. The molecule has 0 bridgehead atoms. The van der Waals surface area contributed by atoms with Crippen molar-refractivity contribution < 1.29 is 19.1 Å². The zero-order chi connectivity index (χ0) is 15.9. The first-order valence-corrected chi connectivity index (χ1v) is 7.46. The summed E-state index contributed by atoms with van der Waals surface area (Å²) in [4.78, 5) is 36.0. The van der Waals surface area contributed by atoms with Crippen LogP contribution in [-0.4, -0.2) is 42.5 Å². The SMILES string of the molecule is CCCCc1ccc(C(=O)OCC(=O)N2CCNC2=O)cc1. The maximum absolute atomic E-state index is 11.9. The number of amides is 3. The highest BCUT2D eigenvalue weighted by atomic mass is 16.5. The van der Waals surface area contributed by atoms with Gasteiger partial charge in [-0.2, -0.15) is 0 Å². The van der Waals surface area contributed by atoms with Gasteiger partial charge in [-0.1, -0.05) is 25.5 Å². The van der Waals surface area contributed by atoms with Crippen LogP contribution in [0.3, 0.4) is 0 Å². The smallest absolute Gasteiger partial charge is 0.338 e. The van der Waals surface area contributed by atoms with Crippen molar-refractivity contribution in [2.24, 2.45) is 0 Å². The van der Waals surface area contributed by atoms with Crippen LogP contribution >= 0.6 is 0 Å². The van der Waals surface area contributed by atoms with Crippen molar-refractivity contribution in [1.82, 2.24) is 10.2 Å². The number of urea groups is 1. The Labute approximate surface area is 129 Å². The lowest BCUT2D eigenvalue weighted by atomic mass is 10.1. The highest BCUT2D eigenvalue weighted by Gasteiger charge is 2.26. The second-order valence-corrected chi connectivity index (χ2v) is 5.15. The van der Waals surface area contributed by atoms with Crippen molar-refractivity contribution in [1.29, 1.82) is 0 Å². The number of hydrogen-bond donors (Lipinski definition) is 1. The zero-order valence-electron chi connectivity index (χ0n) is 12.6. The van der Waals surface area contributed by atoms with Gasteiger partial charge < -0.3 is 10.1 Å². The Morgan fingerprint density at radius 3 is 2.59 bits per heavy atom. The summed E-state index contributed by atoms with van der Waals surface area (Å²) in [5.41, 5.74) is 1.57. The van der Waals surface area contributed by atoms with E-state index in [1.165, 1.54) is 5.56 Å². The Hall–Kier alpha value is -2.37. The summed E-state index contributed by atoms with van der Waals surface area (Å²) in [6.07, 6.45) is 3.21. The molecule has 0 atom stereocenters. The number of benzene rings is 1. The summed E-state index contributed by atoms with van der Waals surface area (Å²) < 4.78 is 4.96. The molecule has 2 rings (SSSR count). The van der Waals surface area contributed by atoms with Crippen LogP contribution in [0.2, 0.25) is 0 Å². The van der Waals surface area contributed by atoms with Gasteiger partial charge in [-0.15, -0.1) is 0 Å². The maximum atomic E-state index is 11.9. The lowest BCUT2D eigenvalue weighted by molar-refractivity contribution is -0.130. The molecule has 1 aliphatic rings. The van der Waals surface area contributed by atoms with Gasteiger partial charge in [-0.3, -0.25) is 9.69 Å². The summed E-state index contributed by atoms with van der Waals surface area (Å²) in [7, 11) is 0. The predicted octanol–water partition coefficient (Wildman–Crippen LogP) is 1.74. The van der Waals surface area contributed by atoms with Gasteiger partial charge in [0.2, 0.25) is 0 Å². The topological polar surface area (TPSA) is 75.7 Å². The second-order valence-electron chi connectivity index (χ2n) is 5.15. The average molecular weight is 304 g/mol. The van der Waals surface area contributed by atoms with Gasteiger partial charge in [0.05, 0.1) is 5.56 Å². The Kier molecular flexibility index (Phi) is 5.52. The summed E-state index contributed by atoms with van der Waals surface area (Å²) in [5, 5.41) is 2.52. The van der Waals surface area contributed by atoms with E-state index in [0.717, 1.165) is 24.2 Å². The largest absolute Gasteiger partial charge is 0.452 e. The highest BCUT2D eigenvalue weighted by Crippen LogP contribution is 2.09. The van der Waals surface area contributed by atoms with Crippen LogP contribution in [-0.2, 0) is 16.0 Å². The summed E-state index contributed by atoms with van der Waals surface area (Å²) in [6.45, 7) is 2.44. The molecule has 3 amide bonds. The standard InChI is InChI=1S/C16H20N2O4/c1-2-3-4-12-5-7-13(8-6-12)15(20)22-11-14(19)18-10-9-17-16(18)21/h5-8H,2-4,9-11H2,1H3,(H,17,21). The van der Waals surface area contributed by atoms with Crippen molar-refractivity contribution >= 4 is 17.9 Å². The molecule has 1 aliphatic heterocycles. The third-order valence-electron chi connectivity index (χ3n) is 3.49. The molecule has 0 spiro atoms. The molecule has 6 heteroatoms. The molecule has 0 aromatic heterocycles. The minimum atomic E-state index is -0.560. The molecule has 22 heavy (non-hydrogen) atoms. The fourth-order valence-corrected chi connectivity index (χ4v) is 2.19. The molecule has 0 radical (unpaired) electrons. The van der Waals surface area contributed by atoms with Crippen LogP contribution < -0.4 is 5.32 Å². The van der Waals surface area contributed by atoms with E-state index < -0.39 is 24.5 Å². The first kappa shape index (κ1) is 16.0. The molecular weight excluding hydrogens is 284 g/mol. The van der Waals surface area contributed by atoms with E-state index in [9.17, 15) is 14.4 Å². The van der Waals surface area contributed by atoms with Gasteiger partial charge in [0.1, 0.15) is 0 Å². The molecule has 0 aliphatic carbocycles. The number of esters is 1. The van der Waals surface area contributed by atoms with Crippen LogP contribution in [0.1, 0.15) is 35.7 Å². The Morgan fingerprint density at radius 2 is 2.00 bits per heavy atom. The van der Waals surface area contributed by atoms with Gasteiger partial charge in [-0.05, 0) is 30.5 Å². The number of nitrogens with zero attached hydrogens (tertiary/aromatic N) is 1. The number of carbonyl (C=O) groups excluding carboxylic acids is 3. The Bertz CT molecular complexity index is 554. The highest BCUT2D eigenvalue weighted by molar-refractivity contribution is 5.98. The molecule has 0 unspecified atom stereocenters. The third kappa shape index (κ3) is 4.07. The first-order valence-electron chi connectivity index (χ1n) is 7.46. The minimum absolute atomic E-state index is 0.307. The molecule has 1 N–H and O–H groups in total. The fraction of sp³-hybridized carbons (Fsp3) is 0.438. The molecule has 118 valence electrons. The van der Waals surface area contributed by atoms with Crippen molar-refractivity contribution in [3.8, 4) is 0 Å². The van der Waals surface area contributed by atoms with E-state index in [2.05, 4.69) is 12.2 Å². The van der Waals surface area contributed by atoms with Crippen LogP contribution in [0, 0.1) is 0 Å². The lowest BCUT2D eigenvalue weighted by Gasteiger charge is -2.12. The van der Waals surface area contributed by atoms with E-state index in [-0.39, 0.29) is 0 Å². The van der Waals surface area contributed by atoms with Gasteiger partial charge in [0.15, 0.2) is 6.61 Å². The molecule has 1 heterocycles. The molecule has 1 aromatic carbocycles. The fourth-order valence-electron chi connectivity index (χ4n) is 2.19.